The van der Waals surface area contributed by atoms with Crippen molar-refractivity contribution in [3.05, 3.63) is 47.5 Å². The number of cyclic esters (lactones) is 1. The van der Waals surface area contributed by atoms with Gasteiger partial charge in [-0.05, 0) is 61.1 Å². The van der Waals surface area contributed by atoms with Crippen LogP contribution in [0.3, 0.4) is 0 Å². The van der Waals surface area contributed by atoms with E-state index in [0.717, 1.165) is 30.4 Å². The van der Waals surface area contributed by atoms with Gasteiger partial charge in [-0.3, -0.25) is 4.79 Å². The maximum Gasteiger partial charge on any atom is 0.309 e. The van der Waals surface area contributed by atoms with Crippen molar-refractivity contribution in [3.8, 4) is 23.0 Å². The number of carboxylic acid groups (broad SMARTS) is 1. The predicted molar refractivity (Wildman–Crippen MR) is 129 cm³/mol. The van der Waals surface area contributed by atoms with Gasteiger partial charge in [-0.25, -0.2) is 0 Å². The Morgan fingerprint density at radius 3 is 2.23 bits per heavy atom. The summed E-state index contributed by atoms with van der Waals surface area (Å²) in [6, 6.07) is 10.9. The number of carboxylic acids is 1. The van der Waals surface area contributed by atoms with Crippen LogP contribution in [0.25, 0.3) is 0 Å². The molecule has 8 nitrogen and oxygen atoms in total. The van der Waals surface area contributed by atoms with Crippen LogP contribution in [0, 0.1) is 11.8 Å². The number of rotatable bonds is 11. The lowest BCUT2D eigenvalue weighted by Crippen LogP contribution is -2.21. The fourth-order valence-electron chi connectivity index (χ4n) is 3.99. The highest BCUT2D eigenvalue weighted by Gasteiger charge is 2.37. The number of methoxy groups -OCH3 is 3. The normalized spacial score (nSPS) is 16.6. The minimum absolute atomic E-state index is 0.0652. The van der Waals surface area contributed by atoms with Crippen LogP contribution < -0.4 is 19.3 Å². The van der Waals surface area contributed by atoms with Gasteiger partial charge in [-0.2, -0.15) is 0 Å². The van der Waals surface area contributed by atoms with Gasteiger partial charge in [0.05, 0.1) is 33.9 Å². The number of aliphatic carboxylic acids is 1. The van der Waals surface area contributed by atoms with Gasteiger partial charge >= 0.3 is 5.97 Å². The topological polar surface area (TPSA) is 114 Å². The number of unbranched alkanes of at least 4 members (excludes halogenated alkanes) is 2. The van der Waals surface area contributed by atoms with Gasteiger partial charge in [0.15, 0.2) is 23.0 Å². The SMILES string of the molecule is CCCCCC(=O)[O-].COc1cc(C[C@H]2C(=O)OC[C@@H]2Cc2ccc(OC)c(OC)c2)ccc1O. The van der Waals surface area contributed by atoms with Crippen molar-refractivity contribution in [2.75, 3.05) is 27.9 Å². The van der Waals surface area contributed by atoms with Crippen LogP contribution in [0.1, 0.15) is 43.7 Å². The third-order valence-electron chi connectivity index (χ3n) is 5.94. The van der Waals surface area contributed by atoms with Crippen molar-refractivity contribution in [1.29, 1.82) is 0 Å². The fourth-order valence-corrected chi connectivity index (χ4v) is 3.99. The van der Waals surface area contributed by atoms with Crippen molar-refractivity contribution in [3.63, 3.8) is 0 Å². The lowest BCUT2D eigenvalue weighted by atomic mass is 9.85. The lowest BCUT2D eigenvalue weighted by molar-refractivity contribution is -0.305. The molecule has 8 heteroatoms. The summed E-state index contributed by atoms with van der Waals surface area (Å²) < 4.78 is 21.1. The van der Waals surface area contributed by atoms with Gasteiger partial charge in [-0.15, -0.1) is 0 Å². The first kappa shape index (κ1) is 27.8. The molecule has 3 rings (SSSR count). The van der Waals surface area contributed by atoms with E-state index in [1.165, 1.54) is 7.11 Å². The van der Waals surface area contributed by atoms with Crippen LogP contribution in [-0.2, 0) is 27.2 Å². The first-order chi connectivity index (χ1) is 16.8. The molecular weight excluding hydrogens is 452 g/mol. The number of carbonyl (C=O) groups excluding carboxylic acids is 2. The van der Waals surface area contributed by atoms with Crippen molar-refractivity contribution < 1.29 is 38.7 Å². The molecule has 0 amide bonds. The summed E-state index contributed by atoms with van der Waals surface area (Å²) in [4.78, 5) is 22.0. The van der Waals surface area contributed by atoms with Gasteiger partial charge in [0.1, 0.15) is 0 Å². The van der Waals surface area contributed by atoms with Gasteiger partial charge in [0.25, 0.3) is 0 Å². The summed E-state index contributed by atoms with van der Waals surface area (Å²) in [6.07, 6.45) is 4.27. The maximum absolute atomic E-state index is 12.3. The monoisotopic (exact) mass is 487 g/mol. The van der Waals surface area contributed by atoms with Crippen LogP contribution in [0.5, 0.6) is 23.0 Å². The van der Waals surface area contributed by atoms with Gasteiger partial charge in [0, 0.05) is 11.9 Å². The summed E-state index contributed by atoms with van der Waals surface area (Å²) in [5, 5.41) is 19.5. The molecule has 2 aromatic rings. The number of ether oxygens (including phenoxy) is 4. The summed E-state index contributed by atoms with van der Waals surface area (Å²) >= 11 is 0. The zero-order chi connectivity index (χ0) is 25.8. The minimum Gasteiger partial charge on any atom is -0.550 e. The molecule has 0 radical (unpaired) electrons. The third kappa shape index (κ3) is 8.38. The molecule has 0 aromatic heterocycles. The Labute approximate surface area is 206 Å². The molecule has 0 saturated carbocycles. The molecular formula is C27H35O8-. The molecule has 0 spiro atoms. The predicted octanol–water partition coefficient (Wildman–Crippen LogP) is 3.31. The Balaban J connectivity index is 0.000000466. The second kappa shape index (κ2) is 14.1. The fraction of sp³-hybridized carbons (Fsp3) is 0.481. The molecule has 1 fully saturated rings. The van der Waals surface area contributed by atoms with E-state index in [-0.39, 0.29) is 30.0 Å². The van der Waals surface area contributed by atoms with Gasteiger partial charge in [-0.1, -0.05) is 31.9 Å². The summed E-state index contributed by atoms with van der Waals surface area (Å²) in [5.41, 5.74) is 1.98. The van der Waals surface area contributed by atoms with Crippen LogP contribution >= 0.6 is 0 Å². The number of hydrogen-bond donors (Lipinski definition) is 1. The van der Waals surface area contributed by atoms with Crippen LogP contribution in [0.2, 0.25) is 0 Å². The van der Waals surface area contributed by atoms with Gasteiger partial charge in [0.2, 0.25) is 0 Å². The second-order valence-corrected chi connectivity index (χ2v) is 8.43. The Kier molecular flexibility index (Phi) is 11.2. The van der Waals surface area contributed by atoms with Crippen molar-refractivity contribution >= 4 is 11.9 Å². The largest absolute Gasteiger partial charge is 0.550 e. The van der Waals surface area contributed by atoms with E-state index in [4.69, 9.17) is 18.9 Å². The summed E-state index contributed by atoms with van der Waals surface area (Å²) in [5.74, 6) is 0.522. The minimum atomic E-state index is -0.932. The molecule has 0 bridgehead atoms. The van der Waals surface area contributed by atoms with Gasteiger partial charge < -0.3 is 34.0 Å². The molecule has 1 heterocycles. The first-order valence-electron chi connectivity index (χ1n) is 11.8. The number of phenolic OH excluding ortho intramolecular Hbond substituents is 1. The zero-order valence-electron chi connectivity index (χ0n) is 20.9. The molecule has 192 valence electrons. The second-order valence-electron chi connectivity index (χ2n) is 8.43. The van der Waals surface area contributed by atoms with Crippen LogP contribution in [0.4, 0.5) is 0 Å². The quantitative estimate of drug-likeness (QED) is 0.379. The smallest absolute Gasteiger partial charge is 0.309 e. The Morgan fingerprint density at radius 2 is 1.60 bits per heavy atom. The van der Waals surface area contributed by atoms with E-state index in [9.17, 15) is 19.8 Å². The molecule has 35 heavy (non-hydrogen) atoms. The number of aromatic hydroxyl groups is 1. The maximum atomic E-state index is 12.3. The van der Waals surface area contributed by atoms with E-state index in [1.807, 2.05) is 25.1 Å². The van der Waals surface area contributed by atoms with Crippen LogP contribution in [-0.4, -0.2) is 45.0 Å². The first-order valence-corrected chi connectivity index (χ1v) is 11.8. The molecule has 1 N–H and O–H groups in total. The number of phenols is 1. The Morgan fingerprint density at radius 1 is 0.971 bits per heavy atom. The molecule has 1 saturated heterocycles. The molecule has 1 aliphatic rings. The van der Waals surface area contributed by atoms with Crippen molar-refractivity contribution in [2.45, 2.75) is 45.4 Å². The Hall–Kier alpha value is -3.42. The standard InChI is InChI=1S/C21H24O6.C6H12O2/c1-24-18-7-5-13(11-20(18)26-3)8-15-12-27-21(23)16(15)9-14-4-6-17(22)19(10-14)25-2;1-2-3-4-5-6(7)8/h4-7,10-11,15-16,22H,8-9,12H2,1-3H3;2-5H2,1H3,(H,7,8)/p-1/t15-,16+;/m0./s1. The average Bonchev–Trinajstić information content (AvgIpc) is 3.19. The molecule has 1 aliphatic heterocycles. The van der Waals surface area contributed by atoms with Crippen LogP contribution in [0.15, 0.2) is 36.4 Å². The highest BCUT2D eigenvalue weighted by molar-refractivity contribution is 5.75. The molecule has 2 atom stereocenters. The van der Waals surface area contributed by atoms with E-state index >= 15 is 0 Å². The zero-order valence-corrected chi connectivity index (χ0v) is 20.9. The molecule has 0 aliphatic carbocycles. The number of esters is 1. The lowest BCUT2D eigenvalue weighted by Gasteiger charge is -2.17. The number of hydrogen-bond acceptors (Lipinski definition) is 8. The van der Waals surface area contributed by atoms with Crippen molar-refractivity contribution in [2.24, 2.45) is 11.8 Å². The molecule has 2 aromatic carbocycles. The van der Waals surface area contributed by atoms with E-state index in [1.54, 1.807) is 32.4 Å². The number of benzene rings is 2. The average molecular weight is 488 g/mol. The summed E-state index contributed by atoms with van der Waals surface area (Å²) in [7, 11) is 4.70. The van der Waals surface area contributed by atoms with E-state index in [0.29, 0.717) is 36.7 Å². The highest BCUT2D eigenvalue weighted by Crippen LogP contribution is 2.34. The third-order valence-corrected chi connectivity index (χ3v) is 5.94. The molecule has 0 unspecified atom stereocenters. The van der Waals surface area contributed by atoms with Crippen molar-refractivity contribution in [1.82, 2.24) is 0 Å². The highest BCUT2D eigenvalue weighted by atomic mass is 16.5. The van der Waals surface area contributed by atoms with E-state index < -0.39 is 5.97 Å². The Bertz CT molecular complexity index is 972. The summed E-state index contributed by atoms with van der Waals surface area (Å²) in [6.45, 7) is 2.43. The van der Waals surface area contributed by atoms with E-state index in [2.05, 4.69) is 0 Å². The number of carbonyl (C=O) groups is 2.